The molecule has 0 aromatic heterocycles. The maximum Gasteiger partial charge on any atom is 0.171 e. The number of thiocarbonyl (C=S) groups is 1. The van der Waals surface area contributed by atoms with Gasteiger partial charge in [-0.25, -0.2) is 8.78 Å². The van der Waals surface area contributed by atoms with Gasteiger partial charge in [0.05, 0.1) is 6.04 Å². The molecule has 1 aliphatic heterocycles. The Balaban J connectivity index is 1.75. The van der Waals surface area contributed by atoms with Crippen molar-refractivity contribution in [3.05, 3.63) is 88.1 Å². The molecule has 0 saturated heterocycles. The minimum atomic E-state index is -0.261. The molecule has 0 saturated carbocycles. The van der Waals surface area contributed by atoms with Crippen molar-refractivity contribution < 1.29 is 8.78 Å². The predicted octanol–water partition coefficient (Wildman–Crippen LogP) is 4.62. The van der Waals surface area contributed by atoms with Gasteiger partial charge in [-0.05, 0) is 66.0 Å². The molecule has 1 heterocycles. The smallest absolute Gasteiger partial charge is 0.171 e. The van der Waals surface area contributed by atoms with Crippen molar-refractivity contribution >= 4 is 23.4 Å². The third-order valence-electron chi connectivity index (χ3n) is 4.56. The highest BCUT2D eigenvalue weighted by molar-refractivity contribution is 7.80. The summed E-state index contributed by atoms with van der Waals surface area (Å²) in [6, 6.07) is 12.8. The molecule has 25 heavy (non-hydrogen) atoms. The van der Waals surface area contributed by atoms with E-state index in [-0.39, 0.29) is 17.7 Å². The maximum atomic E-state index is 13.3. The summed E-state index contributed by atoms with van der Waals surface area (Å²) >= 11 is 5.32. The van der Waals surface area contributed by atoms with Crippen LogP contribution in [-0.2, 0) is 0 Å². The van der Waals surface area contributed by atoms with Crippen LogP contribution in [0.3, 0.4) is 0 Å². The molecule has 2 nitrogen and oxygen atoms in total. The van der Waals surface area contributed by atoms with E-state index in [1.165, 1.54) is 29.8 Å². The van der Waals surface area contributed by atoms with E-state index in [2.05, 4.69) is 16.7 Å². The van der Waals surface area contributed by atoms with Gasteiger partial charge in [0.1, 0.15) is 11.6 Å². The molecule has 1 aliphatic carbocycles. The Hall–Kier alpha value is -2.53. The summed E-state index contributed by atoms with van der Waals surface area (Å²) in [7, 11) is 0. The molecule has 0 amide bonds. The molecular formula is C20H16F2N2S. The third kappa shape index (κ3) is 3.20. The second kappa shape index (κ2) is 6.41. The topological polar surface area (TPSA) is 24.1 Å². The van der Waals surface area contributed by atoms with E-state index in [9.17, 15) is 8.78 Å². The van der Waals surface area contributed by atoms with E-state index in [4.69, 9.17) is 12.2 Å². The first-order valence-electron chi connectivity index (χ1n) is 8.13. The van der Waals surface area contributed by atoms with Crippen LogP contribution in [0.15, 0.2) is 65.4 Å². The minimum Gasteiger partial charge on any atom is -0.351 e. The lowest BCUT2D eigenvalue weighted by Crippen LogP contribution is -2.42. The standard InChI is InChI=1S/C20H16F2N2S/c21-15-6-1-12(2-7-15)11-14-5-10-17-18(14)19(24-20(25)23-17)13-3-8-16(22)9-4-13/h1-4,6-9,11,19H,5,10H2,(H2,23,24,25). The van der Waals surface area contributed by atoms with E-state index < -0.39 is 0 Å². The molecule has 0 fully saturated rings. The number of hydrogen-bond donors (Lipinski definition) is 2. The largest absolute Gasteiger partial charge is 0.351 e. The highest BCUT2D eigenvalue weighted by Crippen LogP contribution is 2.41. The van der Waals surface area contributed by atoms with Gasteiger partial charge in [0.15, 0.2) is 5.11 Å². The molecule has 0 radical (unpaired) electrons. The molecule has 0 spiro atoms. The van der Waals surface area contributed by atoms with Crippen LogP contribution in [0.1, 0.15) is 30.0 Å². The normalized spacial score (nSPS) is 21.1. The monoisotopic (exact) mass is 354 g/mol. The zero-order valence-corrected chi connectivity index (χ0v) is 14.2. The van der Waals surface area contributed by atoms with E-state index >= 15 is 0 Å². The molecule has 1 unspecified atom stereocenters. The van der Waals surface area contributed by atoms with Crippen molar-refractivity contribution in [2.24, 2.45) is 0 Å². The van der Waals surface area contributed by atoms with Gasteiger partial charge in [-0.1, -0.05) is 30.3 Å². The first kappa shape index (κ1) is 16.0. The number of hydrogen-bond acceptors (Lipinski definition) is 1. The van der Waals surface area contributed by atoms with Crippen LogP contribution < -0.4 is 10.6 Å². The summed E-state index contributed by atoms with van der Waals surface area (Å²) in [5.41, 5.74) is 5.34. The molecule has 5 heteroatoms. The lowest BCUT2D eigenvalue weighted by molar-refractivity contribution is 0.624. The zero-order valence-electron chi connectivity index (χ0n) is 13.4. The summed E-state index contributed by atoms with van der Waals surface area (Å²) < 4.78 is 26.4. The van der Waals surface area contributed by atoms with Crippen molar-refractivity contribution in [2.75, 3.05) is 0 Å². The van der Waals surface area contributed by atoms with Crippen molar-refractivity contribution in [2.45, 2.75) is 18.9 Å². The van der Waals surface area contributed by atoms with Gasteiger partial charge in [0.25, 0.3) is 0 Å². The van der Waals surface area contributed by atoms with Crippen LogP contribution in [0.5, 0.6) is 0 Å². The van der Waals surface area contributed by atoms with Crippen LogP contribution in [0.2, 0.25) is 0 Å². The summed E-state index contributed by atoms with van der Waals surface area (Å²) in [6.07, 6.45) is 3.84. The molecule has 4 rings (SSSR count). The fourth-order valence-electron chi connectivity index (χ4n) is 3.40. The van der Waals surface area contributed by atoms with Gasteiger partial charge in [0.2, 0.25) is 0 Å². The van der Waals surface area contributed by atoms with Crippen LogP contribution >= 0.6 is 12.2 Å². The van der Waals surface area contributed by atoms with Crippen molar-refractivity contribution in [1.29, 1.82) is 0 Å². The molecule has 2 aromatic carbocycles. The Kier molecular flexibility index (Phi) is 4.09. The number of rotatable bonds is 2. The average Bonchev–Trinajstić information content (AvgIpc) is 2.99. The first-order valence-corrected chi connectivity index (χ1v) is 8.53. The summed E-state index contributed by atoms with van der Waals surface area (Å²) in [5, 5.41) is 7.11. The lowest BCUT2D eigenvalue weighted by atomic mass is 9.92. The minimum absolute atomic E-state index is 0.112. The van der Waals surface area contributed by atoms with E-state index in [0.29, 0.717) is 5.11 Å². The lowest BCUT2D eigenvalue weighted by Gasteiger charge is -2.30. The SMILES string of the molecule is Fc1ccc(C=C2CCC3=C2C(c2ccc(F)cc2)NC(=S)N3)cc1. The number of halogens is 2. The number of benzene rings is 2. The van der Waals surface area contributed by atoms with E-state index in [1.54, 1.807) is 24.3 Å². The van der Waals surface area contributed by atoms with Gasteiger partial charge < -0.3 is 10.6 Å². The van der Waals surface area contributed by atoms with Crippen molar-refractivity contribution in [1.82, 2.24) is 10.6 Å². The fraction of sp³-hybridized carbons (Fsp3) is 0.150. The predicted molar refractivity (Wildman–Crippen MR) is 98.6 cm³/mol. The Morgan fingerprint density at radius 1 is 0.920 bits per heavy atom. The number of nitrogens with one attached hydrogen (secondary N) is 2. The maximum absolute atomic E-state index is 13.3. The van der Waals surface area contributed by atoms with Crippen LogP contribution in [0.25, 0.3) is 6.08 Å². The molecule has 2 aromatic rings. The molecule has 2 aliphatic rings. The molecular weight excluding hydrogens is 338 g/mol. The van der Waals surface area contributed by atoms with Crippen molar-refractivity contribution in [3.63, 3.8) is 0 Å². The number of allylic oxidation sites excluding steroid dienone is 1. The van der Waals surface area contributed by atoms with Crippen LogP contribution in [0.4, 0.5) is 8.78 Å². The summed E-state index contributed by atoms with van der Waals surface area (Å²) in [6.45, 7) is 0. The third-order valence-corrected chi connectivity index (χ3v) is 4.78. The Morgan fingerprint density at radius 2 is 1.56 bits per heavy atom. The second-order valence-electron chi connectivity index (χ2n) is 6.20. The molecule has 2 N–H and O–H groups in total. The van der Waals surface area contributed by atoms with Gasteiger partial charge in [-0.2, -0.15) is 0 Å². The molecule has 126 valence electrons. The first-order chi connectivity index (χ1) is 12.1. The van der Waals surface area contributed by atoms with Crippen molar-refractivity contribution in [3.8, 4) is 0 Å². The van der Waals surface area contributed by atoms with E-state index in [0.717, 1.165) is 35.2 Å². The quantitative estimate of drug-likeness (QED) is 0.770. The van der Waals surface area contributed by atoms with Crippen LogP contribution in [0, 0.1) is 11.6 Å². The van der Waals surface area contributed by atoms with Gasteiger partial charge >= 0.3 is 0 Å². The van der Waals surface area contributed by atoms with E-state index in [1.807, 2.05) is 0 Å². The van der Waals surface area contributed by atoms with Crippen LogP contribution in [-0.4, -0.2) is 5.11 Å². The summed E-state index contributed by atoms with van der Waals surface area (Å²) in [4.78, 5) is 0. The zero-order chi connectivity index (χ0) is 17.4. The van der Waals surface area contributed by atoms with Gasteiger partial charge in [-0.3, -0.25) is 0 Å². The van der Waals surface area contributed by atoms with Gasteiger partial charge in [-0.15, -0.1) is 0 Å². The fourth-order valence-corrected chi connectivity index (χ4v) is 3.65. The van der Waals surface area contributed by atoms with Gasteiger partial charge in [0, 0.05) is 11.3 Å². The Morgan fingerprint density at radius 3 is 2.24 bits per heavy atom. The highest BCUT2D eigenvalue weighted by atomic mass is 32.1. The highest BCUT2D eigenvalue weighted by Gasteiger charge is 2.32. The molecule has 0 bridgehead atoms. The summed E-state index contributed by atoms with van der Waals surface area (Å²) in [5.74, 6) is -0.507. The average molecular weight is 354 g/mol. The second-order valence-corrected chi connectivity index (χ2v) is 6.60. The Bertz CT molecular complexity index is 883. The Labute approximate surface area is 150 Å². The molecule has 1 atom stereocenters.